The third-order valence-electron chi connectivity index (χ3n) is 6.73. The minimum Gasteiger partial charge on any atom is -0.371 e. The first kappa shape index (κ1) is 22.8. The molecule has 0 unspecified atom stereocenters. The summed E-state index contributed by atoms with van der Waals surface area (Å²) in [5, 5.41) is 9.69. The van der Waals surface area contributed by atoms with E-state index in [9.17, 15) is 10.1 Å². The van der Waals surface area contributed by atoms with Gasteiger partial charge in [0.2, 0.25) is 5.91 Å². The number of nitriles is 1. The molecule has 0 aromatic heterocycles. The van der Waals surface area contributed by atoms with Gasteiger partial charge in [0.05, 0.1) is 22.4 Å². The molecule has 1 saturated heterocycles. The van der Waals surface area contributed by atoms with Gasteiger partial charge in [-0.3, -0.25) is 9.69 Å². The van der Waals surface area contributed by atoms with Gasteiger partial charge in [-0.05, 0) is 78.5 Å². The molecule has 0 N–H and O–H groups in total. The lowest BCUT2D eigenvalue weighted by Crippen LogP contribution is -2.39. The molecule has 168 valence electrons. The van der Waals surface area contributed by atoms with Crippen molar-refractivity contribution in [1.82, 2.24) is 0 Å². The molecule has 2 aromatic rings. The van der Waals surface area contributed by atoms with Crippen LogP contribution in [0.5, 0.6) is 0 Å². The highest BCUT2D eigenvalue weighted by atomic mass is 79.9. The van der Waals surface area contributed by atoms with Gasteiger partial charge in [0, 0.05) is 43.4 Å². The smallest absolute Gasteiger partial charge is 0.241 e. The highest BCUT2D eigenvalue weighted by Gasteiger charge is 2.45. The first-order chi connectivity index (χ1) is 15.3. The van der Waals surface area contributed by atoms with Crippen LogP contribution in [0.15, 0.2) is 40.9 Å². The van der Waals surface area contributed by atoms with E-state index in [1.165, 1.54) is 0 Å². The van der Waals surface area contributed by atoms with E-state index in [4.69, 9.17) is 9.47 Å². The van der Waals surface area contributed by atoms with Crippen LogP contribution in [0.1, 0.15) is 37.8 Å². The Morgan fingerprint density at radius 2 is 1.81 bits per heavy atom. The maximum Gasteiger partial charge on any atom is 0.241 e. The number of methoxy groups -OCH3 is 2. The number of ether oxygens (including phenoxy) is 2. The van der Waals surface area contributed by atoms with Crippen LogP contribution in [0.25, 0.3) is 0 Å². The van der Waals surface area contributed by atoms with Crippen LogP contribution >= 0.6 is 15.9 Å². The fourth-order valence-corrected chi connectivity index (χ4v) is 5.32. The highest BCUT2D eigenvalue weighted by molar-refractivity contribution is 9.10. The topological polar surface area (TPSA) is 65.8 Å². The largest absolute Gasteiger partial charge is 0.371 e. The first-order valence-electron chi connectivity index (χ1n) is 10.8. The van der Waals surface area contributed by atoms with Crippen LogP contribution in [-0.4, -0.2) is 39.5 Å². The zero-order valence-corrected chi connectivity index (χ0v) is 20.5. The summed E-state index contributed by atoms with van der Waals surface area (Å²) in [5.74, 6) is 0.353. The number of halogens is 1. The number of benzene rings is 2. The van der Waals surface area contributed by atoms with Crippen molar-refractivity contribution in [3.8, 4) is 6.07 Å². The van der Waals surface area contributed by atoms with Gasteiger partial charge >= 0.3 is 0 Å². The maximum atomic E-state index is 13.5. The molecule has 4 rings (SSSR count). The Hall–Kier alpha value is -2.40. The Morgan fingerprint density at radius 3 is 2.44 bits per heavy atom. The summed E-state index contributed by atoms with van der Waals surface area (Å²) in [7, 11) is 3.38. The number of carbonyl (C=O) groups excluding carboxylic acids is 1. The lowest BCUT2D eigenvalue weighted by molar-refractivity contribution is -0.141. The zero-order valence-electron chi connectivity index (χ0n) is 18.9. The molecule has 0 spiro atoms. The second kappa shape index (κ2) is 8.86. The van der Waals surface area contributed by atoms with Crippen molar-refractivity contribution < 1.29 is 14.3 Å². The van der Waals surface area contributed by atoms with Crippen molar-refractivity contribution in [3.05, 3.63) is 52.0 Å². The highest BCUT2D eigenvalue weighted by Crippen LogP contribution is 2.48. The van der Waals surface area contributed by atoms with Gasteiger partial charge in [-0.1, -0.05) is 6.07 Å². The standard InChI is InChI=1S/C25H28BrN3O3/c1-25(2)19-14-17(28-12-10-16(11-13-28)23(31-3)32-4)8-9-22(19)29(24(25)30)21-7-5-6-20(26)18(21)15-27/h5-9,14,16,23H,10-13H2,1-4H3. The Balaban J connectivity index is 1.66. The van der Waals surface area contributed by atoms with Gasteiger partial charge in [0.1, 0.15) is 6.07 Å². The van der Waals surface area contributed by atoms with E-state index in [1.54, 1.807) is 19.1 Å². The summed E-state index contributed by atoms with van der Waals surface area (Å²) >= 11 is 3.45. The number of hydrogen-bond acceptors (Lipinski definition) is 5. The Morgan fingerprint density at radius 1 is 1.12 bits per heavy atom. The average Bonchev–Trinajstić information content (AvgIpc) is 3.00. The van der Waals surface area contributed by atoms with Crippen LogP contribution in [0.3, 0.4) is 0 Å². The summed E-state index contributed by atoms with van der Waals surface area (Å²) in [6.07, 6.45) is 1.81. The molecule has 2 heterocycles. The van der Waals surface area contributed by atoms with E-state index in [0.29, 0.717) is 21.6 Å². The zero-order chi connectivity index (χ0) is 23.0. The quantitative estimate of drug-likeness (QED) is 0.536. The number of piperidine rings is 1. The lowest BCUT2D eigenvalue weighted by Gasteiger charge is -2.36. The molecule has 0 atom stereocenters. The molecule has 1 fully saturated rings. The van der Waals surface area contributed by atoms with Crippen molar-refractivity contribution in [3.63, 3.8) is 0 Å². The third-order valence-corrected chi connectivity index (χ3v) is 7.39. The normalized spacial score (nSPS) is 18.2. The van der Waals surface area contributed by atoms with Crippen LogP contribution in [-0.2, 0) is 19.7 Å². The molecule has 2 aliphatic heterocycles. The molecule has 0 aliphatic carbocycles. The summed E-state index contributed by atoms with van der Waals surface area (Å²) in [4.78, 5) is 17.5. The van der Waals surface area contributed by atoms with E-state index in [-0.39, 0.29) is 12.2 Å². The van der Waals surface area contributed by atoms with Crippen LogP contribution in [0.4, 0.5) is 17.1 Å². The summed E-state index contributed by atoms with van der Waals surface area (Å²) in [5.41, 5.74) is 3.32. The third kappa shape index (κ3) is 3.71. The molecule has 7 heteroatoms. The van der Waals surface area contributed by atoms with Crippen molar-refractivity contribution in [2.45, 2.75) is 38.4 Å². The SMILES string of the molecule is COC(OC)C1CCN(c2ccc3c(c2)C(C)(C)C(=O)N3c2cccc(Br)c2C#N)CC1. The second-order valence-electron chi connectivity index (χ2n) is 8.88. The molecule has 0 saturated carbocycles. The van der Waals surface area contributed by atoms with Gasteiger partial charge in [0.15, 0.2) is 6.29 Å². The van der Waals surface area contributed by atoms with E-state index in [2.05, 4.69) is 39.0 Å². The van der Waals surface area contributed by atoms with Gasteiger partial charge in [0.25, 0.3) is 0 Å². The molecule has 6 nitrogen and oxygen atoms in total. The van der Waals surface area contributed by atoms with Crippen molar-refractivity contribution in [2.75, 3.05) is 37.1 Å². The fourth-order valence-electron chi connectivity index (χ4n) is 4.88. The molecule has 2 aromatic carbocycles. The van der Waals surface area contributed by atoms with E-state index >= 15 is 0 Å². The second-order valence-corrected chi connectivity index (χ2v) is 9.73. The van der Waals surface area contributed by atoms with E-state index in [0.717, 1.165) is 42.9 Å². The Bertz CT molecular complexity index is 1070. The van der Waals surface area contributed by atoms with E-state index in [1.807, 2.05) is 38.1 Å². The number of amides is 1. The number of nitrogens with zero attached hydrogens (tertiary/aromatic N) is 3. The fraction of sp³-hybridized carbons (Fsp3) is 0.440. The average molecular weight is 498 g/mol. The summed E-state index contributed by atoms with van der Waals surface area (Å²) in [6.45, 7) is 5.73. The van der Waals surface area contributed by atoms with Crippen LogP contribution in [0, 0.1) is 17.2 Å². The summed E-state index contributed by atoms with van der Waals surface area (Å²) in [6, 6.07) is 14.0. The van der Waals surface area contributed by atoms with Gasteiger partial charge in [-0.15, -0.1) is 0 Å². The molecular formula is C25H28BrN3O3. The summed E-state index contributed by atoms with van der Waals surface area (Å²) < 4.78 is 11.6. The predicted octanol–water partition coefficient (Wildman–Crippen LogP) is 5.11. The van der Waals surface area contributed by atoms with Crippen molar-refractivity contribution in [1.29, 1.82) is 5.26 Å². The molecule has 2 aliphatic rings. The molecule has 0 bridgehead atoms. The molecule has 1 amide bonds. The Labute approximate surface area is 197 Å². The van der Waals surface area contributed by atoms with Gasteiger partial charge in [-0.25, -0.2) is 0 Å². The number of carbonyl (C=O) groups is 1. The van der Waals surface area contributed by atoms with E-state index < -0.39 is 5.41 Å². The molecule has 0 radical (unpaired) electrons. The van der Waals surface area contributed by atoms with Gasteiger partial charge in [-0.2, -0.15) is 5.26 Å². The minimum atomic E-state index is -0.685. The predicted molar refractivity (Wildman–Crippen MR) is 128 cm³/mol. The first-order valence-corrected chi connectivity index (χ1v) is 11.6. The molecular weight excluding hydrogens is 470 g/mol. The van der Waals surface area contributed by atoms with Gasteiger partial charge < -0.3 is 14.4 Å². The minimum absolute atomic E-state index is 0.0269. The number of hydrogen-bond donors (Lipinski definition) is 0. The van der Waals surface area contributed by atoms with Crippen molar-refractivity contribution in [2.24, 2.45) is 5.92 Å². The lowest BCUT2D eigenvalue weighted by atomic mass is 9.85. The maximum absolute atomic E-state index is 13.5. The number of anilines is 3. The van der Waals surface area contributed by atoms with Crippen LogP contribution in [0.2, 0.25) is 0 Å². The molecule has 32 heavy (non-hydrogen) atoms. The Kier molecular flexibility index (Phi) is 6.30. The van der Waals surface area contributed by atoms with Crippen LogP contribution < -0.4 is 9.80 Å². The monoisotopic (exact) mass is 497 g/mol. The van der Waals surface area contributed by atoms with Crippen molar-refractivity contribution >= 4 is 38.9 Å². The number of rotatable bonds is 5. The number of fused-ring (bicyclic) bond motifs is 1.